The highest BCUT2D eigenvalue weighted by molar-refractivity contribution is 6.23. The molecule has 10 nitrogen and oxygen atoms in total. The SMILES string of the molecule is CC(C)(C)OC(=O)N1CCC(COc2c(F)cccc2-n2c(N)c3c(cc2=O)C(=O)NC3=O)CC1. The van der Waals surface area contributed by atoms with Crippen LogP contribution in [-0.4, -0.2) is 52.7 Å². The molecule has 4 rings (SSSR count). The first-order valence-corrected chi connectivity index (χ1v) is 11.3. The van der Waals surface area contributed by atoms with Crippen LogP contribution in [-0.2, 0) is 4.74 Å². The van der Waals surface area contributed by atoms with Crippen LogP contribution in [0.25, 0.3) is 5.69 Å². The standard InChI is InChI=1S/C24H27FN4O6/c1-24(2,3)35-23(33)28-9-7-13(8-10-28)12-34-19-15(25)5-4-6-16(19)29-17(30)11-14-18(20(29)26)22(32)27-21(14)31/h4-6,11,13H,7-10,12,26H2,1-3H3,(H,27,31,32). The number of pyridine rings is 1. The third kappa shape index (κ3) is 4.84. The molecular weight excluding hydrogens is 459 g/mol. The molecule has 0 atom stereocenters. The van der Waals surface area contributed by atoms with E-state index in [1.807, 2.05) is 0 Å². The van der Waals surface area contributed by atoms with Crippen LogP contribution in [0.2, 0.25) is 0 Å². The summed E-state index contributed by atoms with van der Waals surface area (Å²) in [5.74, 6) is -2.58. The molecular formula is C24H27FN4O6. The average Bonchev–Trinajstić information content (AvgIpc) is 3.05. The van der Waals surface area contributed by atoms with Gasteiger partial charge in [-0.2, -0.15) is 0 Å². The van der Waals surface area contributed by atoms with Crippen molar-refractivity contribution < 1.29 is 28.2 Å². The summed E-state index contributed by atoms with van der Waals surface area (Å²) in [6, 6.07) is 5.02. The van der Waals surface area contributed by atoms with Crippen molar-refractivity contribution in [3.05, 3.63) is 51.6 Å². The maximum atomic E-state index is 14.8. The zero-order chi connectivity index (χ0) is 25.5. The molecule has 1 saturated heterocycles. The van der Waals surface area contributed by atoms with E-state index in [0.29, 0.717) is 25.9 Å². The van der Waals surface area contributed by atoms with Gasteiger partial charge in [-0.3, -0.25) is 24.3 Å². The number of hydrogen-bond acceptors (Lipinski definition) is 7. The highest BCUT2D eigenvalue weighted by Crippen LogP contribution is 2.31. The lowest BCUT2D eigenvalue weighted by Crippen LogP contribution is -2.42. The molecule has 1 aromatic carbocycles. The number of nitrogen functional groups attached to an aromatic ring is 1. The van der Waals surface area contributed by atoms with E-state index in [4.69, 9.17) is 15.2 Å². The number of anilines is 1. The van der Waals surface area contributed by atoms with Crippen molar-refractivity contribution in [1.82, 2.24) is 14.8 Å². The quantitative estimate of drug-likeness (QED) is 0.634. The number of benzene rings is 1. The lowest BCUT2D eigenvalue weighted by Gasteiger charge is -2.33. The van der Waals surface area contributed by atoms with Crippen LogP contribution >= 0.6 is 0 Å². The van der Waals surface area contributed by atoms with Crippen LogP contribution in [0.1, 0.15) is 54.3 Å². The molecule has 2 aliphatic heterocycles. The Labute approximate surface area is 200 Å². The number of piperidine rings is 1. The molecule has 3 N–H and O–H groups in total. The molecule has 0 spiro atoms. The largest absolute Gasteiger partial charge is 0.488 e. The van der Waals surface area contributed by atoms with Crippen LogP contribution in [0.4, 0.5) is 15.0 Å². The second kappa shape index (κ2) is 9.05. The lowest BCUT2D eigenvalue weighted by molar-refractivity contribution is 0.0164. The van der Waals surface area contributed by atoms with Crippen molar-refractivity contribution in [2.75, 3.05) is 25.4 Å². The second-order valence-corrected chi connectivity index (χ2v) is 9.59. The highest BCUT2D eigenvalue weighted by Gasteiger charge is 2.33. The maximum absolute atomic E-state index is 14.8. The van der Waals surface area contributed by atoms with E-state index in [0.717, 1.165) is 10.6 Å². The minimum absolute atomic E-state index is 0.0219. The fourth-order valence-electron chi connectivity index (χ4n) is 4.15. The number of nitrogens with zero attached hydrogens (tertiary/aromatic N) is 2. The van der Waals surface area contributed by atoms with Crippen molar-refractivity contribution in [3.63, 3.8) is 0 Å². The number of imide groups is 1. The van der Waals surface area contributed by atoms with Gasteiger partial charge in [0.25, 0.3) is 17.4 Å². The van der Waals surface area contributed by atoms with Gasteiger partial charge < -0.3 is 20.1 Å². The molecule has 0 unspecified atom stereocenters. The van der Waals surface area contributed by atoms with Gasteiger partial charge in [-0.25, -0.2) is 9.18 Å². The number of hydrogen-bond donors (Lipinski definition) is 2. The van der Waals surface area contributed by atoms with Gasteiger partial charge in [-0.1, -0.05) is 6.07 Å². The van der Waals surface area contributed by atoms with Crippen LogP contribution in [0.5, 0.6) is 5.75 Å². The minimum Gasteiger partial charge on any atom is -0.488 e. The zero-order valence-corrected chi connectivity index (χ0v) is 19.7. The molecule has 3 heterocycles. The first-order valence-electron chi connectivity index (χ1n) is 11.3. The van der Waals surface area contributed by atoms with Gasteiger partial charge in [-0.05, 0) is 51.7 Å². The van der Waals surface area contributed by atoms with Crippen molar-refractivity contribution >= 4 is 23.7 Å². The molecule has 0 radical (unpaired) electrons. The van der Waals surface area contributed by atoms with Gasteiger partial charge in [0.05, 0.1) is 23.4 Å². The van der Waals surface area contributed by atoms with E-state index in [9.17, 15) is 23.6 Å². The van der Waals surface area contributed by atoms with Gasteiger partial charge in [0.1, 0.15) is 11.4 Å². The van der Waals surface area contributed by atoms with Gasteiger partial charge in [0, 0.05) is 19.2 Å². The smallest absolute Gasteiger partial charge is 0.410 e. The van der Waals surface area contributed by atoms with Gasteiger partial charge in [0.15, 0.2) is 11.6 Å². The Morgan fingerprint density at radius 3 is 2.51 bits per heavy atom. The number of fused-ring (bicyclic) bond motifs is 1. The molecule has 186 valence electrons. The summed E-state index contributed by atoms with van der Waals surface area (Å²) in [5, 5.41) is 2.09. The van der Waals surface area contributed by atoms with E-state index in [2.05, 4.69) is 5.32 Å². The average molecular weight is 487 g/mol. The Kier molecular flexibility index (Phi) is 6.27. The zero-order valence-electron chi connectivity index (χ0n) is 19.7. The Hall–Kier alpha value is -3.89. The summed E-state index contributed by atoms with van der Waals surface area (Å²) in [6.07, 6.45) is 0.889. The van der Waals surface area contributed by atoms with Crippen LogP contribution in [0.3, 0.4) is 0 Å². The molecule has 35 heavy (non-hydrogen) atoms. The normalized spacial score (nSPS) is 16.2. The lowest BCUT2D eigenvalue weighted by atomic mass is 9.98. The molecule has 2 aromatic rings. The molecule has 11 heteroatoms. The van der Waals surface area contributed by atoms with Crippen molar-refractivity contribution in [3.8, 4) is 11.4 Å². The number of likely N-dealkylation sites (tertiary alicyclic amines) is 1. The summed E-state index contributed by atoms with van der Waals surface area (Å²) in [5.41, 5.74) is 4.57. The summed E-state index contributed by atoms with van der Waals surface area (Å²) >= 11 is 0. The van der Waals surface area contributed by atoms with Crippen molar-refractivity contribution in [2.24, 2.45) is 5.92 Å². The van der Waals surface area contributed by atoms with E-state index >= 15 is 0 Å². The third-order valence-corrected chi connectivity index (χ3v) is 5.87. The number of amides is 3. The number of nitrogens with one attached hydrogen (secondary N) is 1. The van der Waals surface area contributed by atoms with Gasteiger partial charge >= 0.3 is 6.09 Å². The molecule has 2 aliphatic rings. The number of nitrogens with two attached hydrogens (primary N) is 1. The molecule has 1 aromatic heterocycles. The topological polar surface area (TPSA) is 133 Å². The van der Waals surface area contributed by atoms with Gasteiger partial charge in [0.2, 0.25) is 0 Å². The number of carbonyl (C=O) groups excluding carboxylic acids is 3. The predicted molar refractivity (Wildman–Crippen MR) is 124 cm³/mol. The number of halogens is 1. The molecule has 3 amide bonds. The fraction of sp³-hybridized carbons (Fsp3) is 0.417. The number of rotatable bonds is 4. The molecule has 0 bridgehead atoms. The summed E-state index contributed by atoms with van der Waals surface area (Å²) < 4.78 is 27.0. The Bertz CT molecular complexity index is 1260. The van der Waals surface area contributed by atoms with Crippen molar-refractivity contribution in [1.29, 1.82) is 0 Å². The molecule has 0 aliphatic carbocycles. The molecule has 0 saturated carbocycles. The number of aromatic nitrogens is 1. The minimum atomic E-state index is -0.730. The number of carbonyl (C=O) groups is 3. The summed E-state index contributed by atoms with van der Waals surface area (Å²) in [6.45, 7) is 6.53. The number of ether oxygens (including phenoxy) is 2. The number of para-hydroxylation sites is 1. The second-order valence-electron chi connectivity index (χ2n) is 9.59. The van der Waals surface area contributed by atoms with Gasteiger partial charge in [-0.15, -0.1) is 0 Å². The van der Waals surface area contributed by atoms with Crippen LogP contribution in [0, 0.1) is 11.7 Å². The Balaban J connectivity index is 1.52. The molecule has 1 fully saturated rings. The summed E-state index contributed by atoms with van der Waals surface area (Å²) in [4.78, 5) is 50.7. The first-order chi connectivity index (χ1) is 16.5. The monoisotopic (exact) mass is 486 g/mol. The van der Waals surface area contributed by atoms with E-state index in [1.54, 1.807) is 25.7 Å². The van der Waals surface area contributed by atoms with Crippen LogP contribution in [0.15, 0.2) is 29.1 Å². The Morgan fingerprint density at radius 2 is 1.86 bits per heavy atom. The van der Waals surface area contributed by atoms with E-state index in [1.165, 1.54) is 18.2 Å². The van der Waals surface area contributed by atoms with Crippen molar-refractivity contribution in [2.45, 2.75) is 39.2 Å². The summed E-state index contributed by atoms with van der Waals surface area (Å²) in [7, 11) is 0. The first kappa shape index (κ1) is 24.2. The maximum Gasteiger partial charge on any atom is 0.410 e. The fourth-order valence-corrected chi connectivity index (χ4v) is 4.15. The highest BCUT2D eigenvalue weighted by atomic mass is 19.1. The third-order valence-electron chi connectivity index (χ3n) is 5.87. The van der Waals surface area contributed by atoms with E-state index < -0.39 is 28.8 Å². The predicted octanol–water partition coefficient (Wildman–Crippen LogP) is 2.47. The van der Waals surface area contributed by atoms with Crippen LogP contribution < -0.4 is 21.3 Å². The van der Waals surface area contributed by atoms with E-state index in [-0.39, 0.29) is 47.0 Å². The Morgan fingerprint density at radius 1 is 1.17 bits per heavy atom.